The minimum atomic E-state index is -0.141. The van der Waals surface area contributed by atoms with Gasteiger partial charge in [0, 0.05) is 17.6 Å². The Hall–Kier alpha value is -1.35. The van der Waals surface area contributed by atoms with Crippen LogP contribution in [0.3, 0.4) is 0 Å². The fourth-order valence-corrected chi connectivity index (χ4v) is 4.24. The number of ether oxygens (including phenoxy) is 1. The minimum absolute atomic E-state index is 0.0855. The number of rotatable bonds is 6. The van der Waals surface area contributed by atoms with Crippen LogP contribution in [0.1, 0.15) is 28.7 Å². The molecule has 0 radical (unpaired) electrons. The van der Waals surface area contributed by atoms with Crippen LogP contribution in [0.5, 0.6) is 0 Å². The van der Waals surface area contributed by atoms with Crippen LogP contribution in [0.25, 0.3) is 10.2 Å². The molecule has 0 saturated carbocycles. The number of benzene rings is 1. The molecule has 3 aromatic rings. The number of hydrogen-bond donors (Lipinski definition) is 0. The zero-order valence-electron chi connectivity index (χ0n) is 12.2. The van der Waals surface area contributed by atoms with E-state index < -0.39 is 0 Å². The fraction of sp³-hybridized carbons (Fsp3) is 0.267. The molecule has 23 heavy (non-hydrogen) atoms. The first-order valence-corrected chi connectivity index (χ1v) is 9.46. The lowest BCUT2D eigenvalue weighted by molar-refractivity contribution is 0.0790. The Labute approximate surface area is 148 Å². The van der Waals surface area contributed by atoms with E-state index in [0.717, 1.165) is 28.0 Å². The second-order valence-electron chi connectivity index (χ2n) is 4.82. The molecule has 2 heterocycles. The zero-order valence-corrected chi connectivity index (χ0v) is 15.5. The standard InChI is InChI=1S/C15H13BrN2O3S2/c1-2-5-21-8-18-10-4-3-9(6-11(10)23-15(18)20)13(19)14-17-12(16)7-22-14/h3-4,6-7H,2,5,8H2,1H3. The zero-order chi connectivity index (χ0) is 16.4. The second kappa shape index (κ2) is 7.04. The van der Waals surface area contributed by atoms with Crippen molar-refractivity contribution in [2.75, 3.05) is 6.61 Å². The Morgan fingerprint density at radius 2 is 2.26 bits per heavy atom. The van der Waals surface area contributed by atoms with Crippen LogP contribution in [0.2, 0.25) is 0 Å². The van der Waals surface area contributed by atoms with Gasteiger partial charge in [-0.1, -0.05) is 18.3 Å². The second-order valence-corrected chi connectivity index (χ2v) is 7.48. The van der Waals surface area contributed by atoms with Gasteiger partial charge in [0.1, 0.15) is 11.3 Å². The highest BCUT2D eigenvalue weighted by atomic mass is 79.9. The summed E-state index contributed by atoms with van der Waals surface area (Å²) in [7, 11) is 0. The molecule has 0 spiro atoms. The molecule has 0 aliphatic heterocycles. The Bertz CT molecular complexity index is 913. The van der Waals surface area contributed by atoms with Gasteiger partial charge in [0.25, 0.3) is 0 Å². The SMILES string of the molecule is CCCOCn1c(=O)sc2cc(C(=O)c3nc(Br)cs3)ccc21. The highest BCUT2D eigenvalue weighted by molar-refractivity contribution is 9.10. The first kappa shape index (κ1) is 16.5. The van der Waals surface area contributed by atoms with E-state index in [9.17, 15) is 9.59 Å². The molecule has 5 nitrogen and oxygen atoms in total. The summed E-state index contributed by atoms with van der Waals surface area (Å²) in [6.45, 7) is 2.86. The van der Waals surface area contributed by atoms with Gasteiger partial charge in [-0.15, -0.1) is 11.3 Å². The molecule has 8 heteroatoms. The van der Waals surface area contributed by atoms with Gasteiger partial charge in [0.2, 0.25) is 5.78 Å². The van der Waals surface area contributed by atoms with E-state index in [-0.39, 0.29) is 17.4 Å². The van der Waals surface area contributed by atoms with Crippen LogP contribution in [0.4, 0.5) is 0 Å². The summed E-state index contributed by atoms with van der Waals surface area (Å²) in [5.74, 6) is -0.141. The number of ketones is 1. The maximum Gasteiger partial charge on any atom is 0.310 e. The van der Waals surface area contributed by atoms with Crippen LogP contribution in [-0.4, -0.2) is 21.9 Å². The third kappa shape index (κ3) is 3.45. The van der Waals surface area contributed by atoms with Gasteiger partial charge in [-0.05, 0) is 40.5 Å². The van der Waals surface area contributed by atoms with Crippen LogP contribution >= 0.6 is 38.6 Å². The Kier molecular flexibility index (Phi) is 5.05. The topological polar surface area (TPSA) is 61.2 Å². The Morgan fingerprint density at radius 1 is 1.43 bits per heavy atom. The van der Waals surface area contributed by atoms with E-state index in [2.05, 4.69) is 20.9 Å². The summed E-state index contributed by atoms with van der Waals surface area (Å²) < 4.78 is 8.47. The molecule has 0 fully saturated rings. The molecule has 0 aliphatic carbocycles. The van der Waals surface area contributed by atoms with E-state index in [4.69, 9.17) is 4.74 Å². The number of aromatic nitrogens is 2. The van der Waals surface area contributed by atoms with Crippen molar-refractivity contribution in [3.05, 3.63) is 48.4 Å². The predicted octanol–water partition coefficient (Wildman–Crippen LogP) is 3.90. The van der Waals surface area contributed by atoms with Crippen LogP contribution in [-0.2, 0) is 11.5 Å². The number of halogens is 1. The van der Waals surface area contributed by atoms with Gasteiger partial charge in [-0.3, -0.25) is 14.2 Å². The number of carbonyl (C=O) groups excluding carboxylic acids is 1. The van der Waals surface area contributed by atoms with Crippen molar-refractivity contribution in [1.29, 1.82) is 0 Å². The van der Waals surface area contributed by atoms with Crippen molar-refractivity contribution >= 4 is 54.6 Å². The van der Waals surface area contributed by atoms with Crippen molar-refractivity contribution in [3.8, 4) is 0 Å². The first-order chi connectivity index (χ1) is 11.1. The van der Waals surface area contributed by atoms with Crippen molar-refractivity contribution in [2.45, 2.75) is 20.1 Å². The summed E-state index contributed by atoms with van der Waals surface area (Å²) >= 11 is 5.65. The molecule has 1 aromatic carbocycles. The van der Waals surface area contributed by atoms with E-state index in [1.807, 2.05) is 6.92 Å². The maximum atomic E-state index is 12.4. The smallest absolute Gasteiger partial charge is 0.310 e. The summed E-state index contributed by atoms with van der Waals surface area (Å²) in [5.41, 5.74) is 1.31. The van der Waals surface area contributed by atoms with Gasteiger partial charge in [0.15, 0.2) is 5.01 Å². The Balaban J connectivity index is 1.94. The number of carbonyl (C=O) groups is 1. The van der Waals surface area contributed by atoms with Gasteiger partial charge in [-0.25, -0.2) is 4.98 Å². The summed E-state index contributed by atoms with van der Waals surface area (Å²) in [4.78, 5) is 28.6. The van der Waals surface area contributed by atoms with Crippen molar-refractivity contribution in [2.24, 2.45) is 0 Å². The van der Waals surface area contributed by atoms with E-state index in [1.165, 1.54) is 11.3 Å². The van der Waals surface area contributed by atoms with Crippen molar-refractivity contribution < 1.29 is 9.53 Å². The van der Waals surface area contributed by atoms with Crippen LogP contribution in [0, 0.1) is 0 Å². The maximum absolute atomic E-state index is 12.4. The van der Waals surface area contributed by atoms with Gasteiger partial charge in [-0.2, -0.15) is 0 Å². The molecule has 0 amide bonds. The average Bonchev–Trinajstić information content (AvgIpc) is 3.10. The molecule has 2 aromatic heterocycles. The largest absolute Gasteiger partial charge is 0.361 e. The Morgan fingerprint density at radius 3 is 2.96 bits per heavy atom. The summed E-state index contributed by atoms with van der Waals surface area (Å²) in [6.07, 6.45) is 0.902. The number of hydrogen-bond acceptors (Lipinski definition) is 6. The molecule has 0 atom stereocenters. The summed E-state index contributed by atoms with van der Waals surface area (Å²) in [5, 5.41) is 2.19. The fourth-order valence-electron chi connectivity index (χ4n) is 2.11. The lowest BCUT2D eigenvalue weighted by Gasteiger charge is -2.05. The molecule has 0 saturated heterocycles. The van der Waals surface area contributed by atoms with E-state index in [0.29, 0.717) is 21.8 Å². The quantitative estimate of drug-likeness (QED) is 0.454. The highest BCUT2D eigenvalue weighted by Crippen LogP contribution is 2.23. The van der Waals surface area contributed by atoms with Gasteiger partial charge >= 0.3 is 4.87 Å². The van der Waals surface area contributed by atoms with E-state index in [1.54, 1.807) is 28.1 Å². The molecule has 120 valence electrons. The van der Waals surface area contributed by atoms with Crippen molar-refractivity contribution in [1.82, 2.24) is 9.55 Å². The molecular weight excluding hydrogens is 400 g/mol. The summed E-state index contributed by atoms with van der Waals surface area (Å²) in [6, 6.07) is 5.26. The number of thiazole rings is 2. The monoisotopic (exact) mass is 412 g/mol. The normalized spacial score (nSPS) is 11.2. The van der Waals surface area contributed by atoms with Gasteiger partial charge < -0.3 is 4.74 Å². The molecule has 0 aliphatic rings. The first-order valence-electron chi connectivity index (χ1n) is 6.97. The lowest BCUT2D eigenvalue weighted by atomic mass is 10.1. The lowest BCUT2D eigenvalue weighted by Crippen LogP contribution is -2.15. The molecule has 0 bridgehead atoms. The molecule has 3 rings (SSSR count). The highest BCUT2D eigenvalue weighted by Gasteiger charge is 2.15. The van der Waals surface area contributed by atoms with E-state index >= 15 is 0 Å². The van der Waals surface area contributed by atoms with Crippen molar-refractivity contribution in [3.63, 3.8) is 0 Å². The predicted molar refractivity (Wildman–Crippen MR) is 95.6 cm³/mol. The third-order valence-corrected chi connectivity index (χ3v) is 5.66. The number of nitrogens with zero attached hydrogens (tertiary/aromatic N) is 2. The number of fused-ring (bicyclic) bond motifs is 1. The van der Waals surface area contributed by atoms with Crippen LogP contribution in [0.15, 0.2) is 33.0 Å². The molecular formula is C15H13BrN2O3S2. The molecule has 0 N–H and O–H groups in total. The van der Waals surface area contributed by atoms with Gasteiger partial charge in [0.05, 0.1) is 10.2 Å². The minimum Gasteiger partial charge on any atom is -0.361 e. The average molecular weight is 413 g/mol. The van der Waals surface area contributed by atoms with Crippen LogP contribution < -0.4 is 4.87 Å². The third-order valence-electron chi connectivity index (χ3n) is 3.17. The molecule has 0 unspecified atom stereocenters.